The van der Waals surface area contributed by atoms with Gasteiger partial charge in [-0.05, 0) is 6.07 Å². The number of hydroxylamine groups is 1. The summed E-state index contributed by atoms with van der Waals surface area (Å²) < 4.78 is 37.5. The standard InChI is InChI=1S/C7H6F3NO/c8-5-1-4(3-11-12)7(10)6(9)2-5/h1-2,11-12H,3H2. The first-order valence-corrected chi connectivity index (χ1v) is 3.15. The van der Waals surface area contributed by atoms with Gasteiger partial charge < -0.3 is 5.21 Å². The van der Waals surface area contributed by atoms with Gasteiger partial charge in [0.25, 0.3) is 0 Å². The lowest BCUT2D eigenvalue weighted by atomic mass is 10.2. The minimum absolute atomic E-state index is 0.255. The van der Waals surface area contributed by atoms with Gasteiger partial charge in [0, 0.05) is 18.2 Å². The number of benzene rings is 1. The van der Waals surface area contributed by atoms with Gasteiger partial charge in [0.05, 0.1) is 0 Å². The van der Waals surface area contributed by atoms with E-state index in [0.717, 1.165) is 6.07 Å². The summed E-state index contributed by atoms with van der Waals surface area (Å²) in [5.74, 6) is -3.29. The summed E-state index contributed by atoms with van der Waals surface area (Å²) in [6.45, 7) is -0.333. The molecule has 0 heterocycles. The van der Waals surface area contributed by atoms with Crippen LogP contribution in [0.3, 0.4) is 0 Å². The summed E-state index contributed by atoms with van der Waals surface area (Å²) in [4.78, 5) is 0. The first kappa shape index (κ1) is 9.02. The fourth-order valence-corrected chi connectivity index (χ4v) is 0.823. The molecule has 1 rings (SSSR count). The molecule has 0 radical (unpaired) electrons. The van der Waals surface area contributed by atoms with Gasteiger partial charge >= 0.3 is 0 Å². The molecule has 0 fully saturated rings. The molecule has 0 amide bonds. The molecule has 0 saturated heterocycles. The minimum Gasteiger partial charge on any atom is -0.316 e. The second kappa shape index (κ2) is 3.55. The van der Waals surface area contributed by atoms with Gasteiger partial charge in [0.15, 0.2) is 11.6 Å². The number of nitrogens with one attached hydrogen (secondary N) is 1. The summed E-state index contributed by atoms with van der Waals surface area (Å²) in [6.07, 6.45) is 0. The Morgan fingerprint density at radius 1 is 1.25 bits per heavy atom. The Morgan fingerprint density at radius 2 is 1.92 bits per heavy atom. The molecule has 0 bridgehead atoms. The van der Waals surface area contributed by atoms with Gasteiger partial charge in [-0.15, -0.1) is 0 Å². The zero-order valence-corrected chi connectivity index (χ0v) is 5.94. The lowest BCUT2D eigenvalue weighted by Gasteiger charge is -2.01. The van der Waals surface area contributed by atoms with E-state index in [0.29, 0.717) is 6.07 Å². The maximum Gasteiger partial charge on any atom is 0.163 e. The molecular weight excluding hydrogens is 171 g/mol. The predicted molar refractivity (Wildman–Crippen MR) is 34.9 cm³/mol. The molecule has 0 saturated carbocycles. The molecule has 1 aromatic carbocycles. The van der Waals surface area contributed by atoms with Crippen LogP contribution in [0.1, 0.15) is 5.56 Å². The van der Waals surface area contributed by atoms with E-state index in [1.165, 1.54) is 0 Å². The quantitative estimate of drug-likeness (QED) is 0.531. The Balaban J connectivity index is 3.09. The average Bonchev–Trinajstić information content (AvgIpc) is 2.00. The topological polar surface area (TPSA) is 32.3 Å². The van der Waals surface area contributed by atoms with Crippen molar-refractivity contribution in [1.82, 2.24) is 5.48 Å². The second-order valence-electron chi connectivity index (χ2n) is 2.20. The third kappa shape index (κ3) is 1.75. The van der Waals surface area contributed by atoms with E-state index in [9.17, 15) is 13.2 Å². The average molecular weight is 177 g/mol. The van der Waals surface area contributed by atoms with Crippen LogP contribution in [0.25, 0.3) is 0 Å². The van der Waals surface area contributed by atoms with Crippen molar-refractivity contribution in [2.75, 3.05) is 0 Å². The van der Waals surface area contributed by atoms with E-state index in [-0.39, 0.29) is 12.1 Å². The van der Waals surface area contributed by atoms with E-state index in [4.69, 9.17) is 5.21 Å². The third-order valence-electron chi connectivity index (χ3n) is 1.34. The van der Waals surface area contributed by atoms with Gasteiger partial charge in [-0.1, -0.05) is 0 Å². The van der Waals surface area contributed by atoms with Crippen molar-refractivity contribution >= 4 is 0 Å². The summed E-state index contributed by atoms with van der Waals surface area (Å²) in [6, 6.07) is 1.25. The van der Waals surface area contributed by atoms with Crippen molar-refractivity contribution < 1.29 is 18.4 Å². The molecule has 0 aliphatic carbocycles. The van der Waals surface area contributed by atoms with Gasteiger partial charge in [-0.2, -0.15) is 0 Å². The van der Waals surface area contributed by atoms with E-state index < -0.39 is 17.5 Å². The van der Waals surface area contributed by atoms with Crippen molar-refractivity contribution in [1.29, 1.82) is 0 Å². The van der Waals surface area contributed by atoms with Crippen molar-refractivity contribution in [3.8, 4) is 0 Å². The maximum absolute atomic E-state index is 12.7. The number of hydrogen-bond donors (Lipinski definition) is 2. The first-order valence-electron chi connectivity index (χ1n) is 3.15. The van der Waals surface area contributed by atoms with Crippen LogP contribution in [0.15, 0.2) is 12.1 Å². The van der Waals surface area contributed by atoms with Crippen LogP contribution in [0, 0.1) is 17.5 Å². The van der Waals surface area contributed by atoms with E-state index in [2.05, 4.69) is 0 Å². The van der Waals surface area contributed by atoms with Crippen LogP contribution in [-0.2, 0) is 6.54 Å². The molecular formula is C7H6F3NO. The molecule has 12 heavy (non-hydrogen) atoms. The van der Waals surface area contributed by atoms with Crippen molar-refractivity contribution in [2.24, 2.45) is 0 Å². The highest BCUT2D eigenvalue weighted by Gasteiger charge is 2.09. The van der Waals surface area contributed by atoms with E-state index in [1.807, 2.05) is 0 Å². The van der Waals surface area contributed by atoms with Crippen LogP contribution in [0.5, 0.6) is 0 Å². The second-order valence-corrected chi connectivity index (χ2v) is 2.20. The lowest BCUT2D eigenvalue weighted by Crippen LogP contribution is -2.09. The van der Waals surface area contributed by atoms with Crippen molar-refractivity contribution in [3.63, 3.8) is 0 Å². The van der Waals surface area contributed by atoms with Crippen LogP contribution < -0.4 is 5.48 Å². The fourth-order valence-electron chi connectivity index (χ4n) is 0.823. The Morgan fingerprint density at radius 3 is 2.50 bits per heavy atom. The van der Waals surface area contributed by atoms with Gasteiger partial charge in [0.2, 0.25) is 0 Å². The molecule has 5 heteroatoms. The Kier molecular flexibility index (Phi) is 2.67. The smallest absolute Gasteiger partial charge is 0.163 e. The highest BCUT2D eigenvalue weighted by Crippen LogP contribution is 2.13. The zero-order valence-electron chi connectivity index (χ0n) is 5.94. The molecule has 66 valence electrons. The Hall–Kier alpha value is -1.07. The number of hydrogen-bond acceptors (Lipinski definition) is 2. The SMILES string of the molecule is ONCc1cc(F)cc(F)c1F. The highest BCUT2D eigenvalue weighted by molar-refractivity contribution is 5.19. The summed E-state index contributed by atoms with van der Waals surface area (Å²) in [5.41, 5.74) is 1.35. The molecule has 1 aromatic rings. The molecule has 2 N–H and O–H groups in total. The fraction of sp³-hybridized carbons (Fsp3) is 0.143. The van der Waals surface area contributed by atoms with Gasteiger partial charge in [-0.3, -0.25) is 0 Å². The molecule has 0 aliphatic rings. The Bertz CT molecular complexity index is 290. The van der Waals surface area contributed by atoms with Crippen LogP contribution >= 0.6 is 0 Å². The summed E-state index contributed by atoms with van der Waals surface area (Å²) >= 11 is 0. The Labute approximate surface area is 66.6 Å². The molecule has 2 nitrogen and oxygen atoms in total. The lowest BCUT2D eigenvalue weighted by molar-refractivity contribution is 0.159. The monoisotopic (exact) mass is 177 g/mol. The summed E-state index contributed by atoms with van der Waals surface area (Å²) in [5, 5.41) is 8.16. The minimum atomic E-state index is -1.26. The number of halogens is 3. The predicted octanol–water partition coefficient (Wildman–Crippen LogP) is 1.58. The van der Waals surface area contributed by atoms with Crippen LogP contribution in [-0.4, -0.2) is 5.21 Å². The largest absolute Gasteiger partial charge is 0.316 e. The van der Waals surface area contributed by atoms with Gasteiger partial charge in [0.1, 0.15) is 5.82 Å². The molecule has 0 spiro atoms. The zero-order chi connectivity index (χ0) is 9.14. The van der Waals surface area contributed by atoms with Gasteiger partial charge in [-0.25, -0.2) is 18.7 Å². The van der Waals surface area contributed by atoms with Crippen LogP contribution in [0.2, 0.25) is 0 Å². The van der Waals surface area contributed by atoms with E-state index >= 15 is 0 Å². The molecule has 0 atom stereocenters. The normalized spacial score (nSPS) is 10.3. The molecule has 0 aliphatic heterocycles. The van der Waals surface area contributed by atoms with Crippen molar-refractivity contribution in [2.45, 2.75) is 6.54 Å². The molecule has 0 aromatic heterocycles. The third-order valence-corrected chi connectivity index (χ3v) is 1.34. The van der Waals surface area contributed by atoms with Crippen molar-refractivity contribution in [3.05, 3.63) is 35.1 Å². The first-order chi connectivity index (χ1) is 5.65. The van der Waals surface area contributed by atoms with E-state index in [1.54, 1.807) is 5.48 Å². The molecule has 0 unspecified atom stereocenters. The van der Waals surface area contributed by atoms with Crippen LogP contribution in [0.4, 0.5) is 13.2 Å². The summed E-state index contributed by atoms with van der Waals surface area (Å²) in [7, 11) is 0. The maximum atomic E-state index is 12.7. The number of rotatable bonds is 2. The highest BCUT2D eigenvalue weighted by atomic mass is 19.2.